The Labute approximate surface area is 84.0 Å². The van der Waals surface area contributed by atoms with Crippen LogP contribution in [0, 0.1) is 6.92 Å². The first-order valence-corrected chi connectivity index (χ1v) is 5.03. The molecule has 2 aromatic rings. The maximum absolute atomic E-state index is 4.48. The fourth-order valence-corrected chi connectivity index (χ4v) is 1.70. The van der Waals surface area contributed by atoms with Crippen LogP contribution in [-0.4, -0.2) is 9.97 Å². The SMILES string of the molecule is CCCc1nc(C)nc2ccccc12. The van der Waals surface area contributed by atoms with E-state index in [2.05, 4.69) is 23.0 Å². The molecule has 0 saturated heterocycles. The van der Waals surface area contributed by atoms with E-state index in [-0.39, 0.29) is 0 Å². The van der Waals surface area contributed by atoms with Crippen molar-refractivity contribution in [1.29, 1.82) is 0 Å². The summed E-state index contributed by atoms with van der Waals surface area (Å²) in [7, 11) is 0. The summed E-state index contributed by atoms with van der Waals surface area (Å²) in [4.78, 5) is 8.89. The lowest BCUT2D eigenvalue weighted by Crippen LogP contribution is -1.97. The number of para-hydroxylation sites is 1. The first-order valence-electron chi connectivity index (χ1n) is 5.03. The molecule has 0 aliphatic rings. The molecule has 72 valence electrons. The van der Waals surface area contributed by atoms with Crippen molar-refractivity contribution >= 4 is 10.9 Å². The van der Waals surface area contributed by atoms with Crippen molar-refractivity contribution in [3.05, 3.63) is 35.8 Å². The molecule has 0 spiro atoms. The third kappa shape index (κ3) is 1.60. The molecule has 0 radical (unpaired) electrons. The number of fused-ring (bicyclic) bond motifs is 1. The van der Waals surface area contributed by atoms with E-state index >= 15 is 0 Å². The third-order valence-corrected chi connectivity index (χ3v) is 2.28. The van der Waals surface area contributed by atoms with Crippen LogP contribution in [0.1, 0.15) is 24.9 Å². The molecule has 1 aromatic heterocycles. The standard InChI is InChI=1S/C12H14N2/c1-3-6-11-10-7-4-5-8-12(10)14-9(2)13-11/h4-5,7-8H,3,6H2,1-2H3. The molecular formula is C12H14N2. The number of aromatic nitrogens is 2. The second-order valence-corrected chi connectivity index (χ2v) is 3.48. The van der Waals surface area contributed by atoms with Gasteiger partial charge in [-0.05, 0) is 19.4 Å². The average Bonchev–Trinajstić information content (AvgIpc) is 2.18. The minimum atomic E-state index is 0.868. The van der Waals surface area contributed by atoms with Crippen LogP contribution in [0.5, 0.6) is 0 Å². The van der Waals surface area contributed by atoms with E-state index in [1.165, 1.54) is 11.1 Å². The maximum atomic E-state index is 4.48. The maximum Gasteiger partial charge on any atom is 0.126 e. The van der Waals surface area contributed by atoms with Crippen LogP contribution in [0.15, 0.2) is 24.3 Å². The van der Waals surface area contributed by atoms with Crippen LogP contribution < -0.4 is 0 Å². The Morgan fingerprint density at radius 3 is 2.71 bits per heavy atom. The molecule has 0 amide bonds. The summed E-state index contributed by atoms with van der Waals surface area (Å²) in [6.07, 6.45) is 2.16. The molecule has 14 heavy (non-hydrogen) atoms. The summed E-state index contributed by atoms with van der Waals surface area (Å²) >= 11 is 0. The zero-order chi connectivity index (χ0) is 9.97. The molecule has 0 N–H and O–H groups in total. The van der Waals surface area contributed by atoms with Crippen LogP contribution in [0.2, 0.25) is 0 Å². The highest BCUT2D eigenvalue weighted by Crippen LogP contribution is 2.16. The fraction of sp³-hybridized carbons (Fsp3) is 0.333. The van der Waals surface area contributed by atoms with E-state index in [1.54, 1.807) is 0 Å². The fourth-order valence-electron chi connectivity index (χ4n) is 1.70. The summed E-state index contributed by atoms with van der Waals surface area (Å²) < 4.78 is 0. The molecule has 0 unspecified atom stereocenters. The van der Waals surface area contributed by atoms with Gasteiger partial charge in [0.25, 0.3) is 0 Å². The lowest BCUT2D eigenvalue weighted by Gasteiger charge is -2.04. The van der Waals surface area contributed by atoms with Gasteiger partial charge >= 0.3 is 0 Å². The number of rotatable bonds is 2. The van der Waals surface area contributed by atoms with E-state index in [1.807, 2.05) is 25.1 Å². The minimum absolute atomic E-state index is 0.868. The van der Waals surface area contributed by atoms with Gasteiger partial charge in [-0.3, -0.25) is 0 Å². The Balaban J connectivity index is 2.67. The molecule has 0 saturated carbocycles. The molecule has 0 bridgehead atoms. The first-order chi connectivity index (χ1) is 6.81. The lowest BCUT2D eigenvalue weighted by atomic mass is 10.1. The molecule has 0 atom stereocenters. The van der Waals surface area contributed by atoms with Gasteiger partial charge in [0.15, 0.2) is 0 Å². The van der Waals surface area contributed by atoms with Crippen LogP contribution in [0.25, 0.3) is 10.9 Å². The summed E-state index contributed by atoms with van der Waals surface area (Å²) in [5.41, 5.74) is 2.24. The van der Waals surface area contributed by atoms with Gasteiger partial charge in [-0.2, -0.15) is 0 Å². The van der Waals surface area contributed by atoms with E-state index in [0.717, 1.165) is 24.2 Å². The van der Waals surface area contributed by atoms with Gasteiger partial charge in [-0.15, -0.1) is 0 Å². The second-order valence-electron chi connectivity index (χ2n) is 3.48. The number of benzene rings is 1. The van der Waals surface area contributed by atoms with Crippen molar-refractivity contribution in [2.45, 2.75) is 26.7 Å². The van der Waals surface area contributed by atoms with Crippen LogP contribution in [0.4, 0.5) is 0 Å². The van der Waals surface area contributed by atoms with Crippen molar-refractivity contribution in [3.63, 3.8) is 0 Å². The van der Waals surface area contributed by atoms with Crippen molar-refractivity contribution in [2.75, 3.05) is 0 Å². The van der Waals surface area contributed by atoms with Crippen molar-refractivity contribution in [1.82, 2.24) is 9.97 Å². The van der Waals surface area contributed by atoms with Gasteiger partial charge < -0.3 is 0 Å². The van der Waals surface area contributed by atoms with Gasteiger partial charge in [0.05, 0.1) is 11.2 Å². The first kappa shape index (κ1) is 9.13. The van der Waals surface area contributed by atoms with E-state index in [4.69, 9.17) is 0 Å². The summed E-state index contributed by atoms with van der Waals surface area (Å²) in [5.74, 6) is 0.868. The number of hydrogen-bond donors (Lipinski definition) is 0. The highest BCUT2D eigenvalue weighted by molar-refractivity contribution is 5.80. The average molecular weight is 186 g/mol. The molecule has 0 aliphatic heterocycles. The molecule has 0 fully saturated rings. The van der Waals surface area contributed by atoms with E-state index in [0.29, 0.717) is 0 Å². The predicted octanol–water partition coefficient (Wildman–Crippen LogP) is 2.89. The van der Waals surface area contributed by atoms with E-state index in [9.17, 15) is 0 Å². The summed E-state index contributed by atoms with van der Waals surface area (Å²) in [5, 5.41) is 1.19. The zero-order valence-electron chi connectivity index (χ0n) is 8.62. The normalized spacial score (nSPS) is 10.7. The lowest BCUT2D eigenvalue weighted by molar-refractivity contribution is 0.873. The third-order valence-electron chi connectivity index (χ3n) is 2.28. The number of aryl methyl sites for hydroxylation is 2. The monoisotopic (exact) mass is 186 g/mol. The molecule has 0 aliphatic carbocycles. The highest BCUT2D eigenvalue weighted by atomic mass is 14.9. The van der Waals surface area contributed by atoms with Crippen LogP contribution >= 0.6 is 0 Å². The van der Waals surface area contributed by atoms with Gasteiger partial charge in [-0.25, -0.2) is 9.97 Å². The molecule has 1 heterocycles. The number of nitrogens with zero attached hydrogens (tertiary/aromatic N) is 2. The van der Waals surface area contributed by atoms with Crippen LogP contribution in [-0.2, 0) is 6.42 Å². The Hall–Kier alpha value is -1.44. The topological polar surface area (TPSA) is 25.8 Å². The quantitative estimate of drug-likeness (QED) is 0.720. The smallest absolute Gasteiger partial charge is 0.126 e. The van der Waals surface area contributed by atoms with Gasteiger partial charge in [0.2, 0.25) is 0 Å². The zero-order valence-corrected chi connectivity index (χ0v) is 8.62. The Morgan fingerprint density at radius 2 is 1.93 bits per heavy atom. The minimum Gasteiger partial charge on any atom is -0.238 e. The van der Waals surface area contributed by atoms with Gasteiger partial charge in [-0.1, -0.05) is 31.5 Å². The Bertz CT molecular complexity index is 449. The highest BCUT2D eigenvalue weighted by Gasteiger charge is 2.03. The van der Waals surface area contributed by atoms with Crippen molar-refractivity contribution < 1.29 is 0 Å². The predicted molar refractivity (Wildman–Crippen MR) is 58.3 cm³/mol. The molecule has 1 aromatic carbocycles. The van der Waals surface area contributed by atoms with Crippen molar-refractivity contribution in [3.8, 4) is 0 Å². The summed E-state index contributed by atoms with van der Waals surface area (Å²) in [6, 6.07) is 8.20. The molecular weight excluding hydrogens is 172 g/mol. The molecule has 2 rings (SSSR count). The number of hydrogen-bond acceptors (Lipinski definition) is 2. The van der Waals surface area contributed by atoms with Crippen LogP contribution in [0.3, 0.4) is 0 Å². The Morgan fingerprint density at radius 1 is 1.14 bits per heavy atom. The van der Waals surface area contributed by atoms with E-state index < -0.39 is 0 Å². The molecule has 2 heteroatoms. The van der Waals surface area contributed by atoms with Gasteiger partial charge in [0.1, 0.15) is 5.82 Å². The summed E-state index contributed by atoms with van der Waals surface area (Å²) in [6.45, 7) is 4.12. The largest absolute Gasteiger partial charge is 0.238 e. The van der Waals surface area contributed by atoms with Gasteiger partial charge in [0, 0.05) is 5.39 Å². The second kappa shape index (κ2) is 3.74. The molecule has 2 nitrogen and oxygen atoms in total. The van der Waals surface area contributed by atoms with Crippen molar-refractivity contribution in [2.24, 2.45) is 0 Å². The Kier molecular flexibility index (Phi) is 2.44.